The molecule has 0 bridgehead atoms. The summed E-state index contributed by atoms with van der Waals surface area (Å²) in [6.45, 7) is 11.2. The van der Waals surface area contributed by atoms with Crippen molar-refractivity contribution in [1.29, 1.82) is 0 Å². The lowest BCUT2D eigenvalue weighted by Crippen LogP contribution is -2.52. The molecule has 96 valence electrons. The van der Waals surface area contributed by atoms with Gasteiger partial charge in [-0.05, 0) is 33.6 Å². The Bertz CT molecular complexity index is 283. The molecule has 0 radical (unpaired) electrons. The van der Waals surface area contributed by atoms with Gasteiger partial charge in [-0.15, -0.1) is 0 Å². The van der Waals surface area contributed by atoms with Gasteiger partial charge in [-0.25, -0.2) is 8.93 Å². The minimum Gasteiger partial charge on any atom is -0.481 e. The molecule has 0 spiro atoms. The molecule has 0 aromatic carbocycles. The van der Waals surface area contributed by atoms with E-state index >= 15 is 0 Å². The summed E-state index contributed by atoms with van der Waals surface area (Å²) in [5.41, 5.74) is -0.649. The van der Waals surface area contributed by atoms with Gasteiger partial charge in [0.15, 0.2) is 0 Å². The number of carboxylic acids is 1. The monoisotopic (exact) mass is 249 g/mol. The molecule has 0 aliphatic rings. The highest BCUT2D eigenvalue weighted by atomic mass is 32.2. The fraction of sp³-hybridized carbons (Fsp3) is 0.909. The summed E-state index contributed by atoms with van der Waals surface area (Å²) in [6, 6.07) is 0. The van der Waals surface area contributed by atoms with Crippen molar-refractivity contribution in [2.24, 2.45) is 5.92 Å². The van der Waals surface area contributed by atoms with Gasteiger partial charge >= 0.3 is 5.97 Å². The van der Waals surface area contributed by atoms with Gasteiger partial charge in [0.2, 0.25) is 0 Å². The molecule has 0 saturated carbocycles. The van der Waals surface area contributed by atoms with E-state index in [0.29, 0.717) is 0 Å². The summed E-state index contributed by atoms with van der Waals surface area (Å²) >= 11 is 0. The number of nitrogens with one attached hydrogen (secondary N) is 1. The third kappa shape index (κ3) is 4.61. The fourth-order valence-corrected chi connectivity index (χ4v) is 2.07. The minimum absolute atomic E-state index is 0.0352. The molecule has 2 N–H and O–H groups in total. The summed E-state index contributed by atoms with van der Waals surface area (Å²) in [4.78, 5) is 10.8. The number of hydrogen-bond acceptors (Lipinski definition) is 2. The van der Waals surface area contributed by atoms with E-state index in [-0.39, 0.29) is 12.3 Å². The first-order valence-electron chi connectivity index (χ1n) is 5.40. The van der Waals surface area contributed by atoms with Crippen molar-refractivity contribution < 1.29 is 14.1 Å². The molecule has 0 aromatic rings. The lowest BCUT2D eigenvalue weighted by atomic mass is 9.86. The Balaban J connectivity index is 4.83. The minimum atomic E-state index is -1.26. The summed E-state index contributed by atoms with van der Waals surface area (Å²) in [7, 11) is -1.26. The molecule has 0 aliphatic heterocycles. The van der Waals surface area contributed by atoms with Crippen LogP contribution in [-0.2, 0) is 15.8 Å². The van der Waals surface area contributed by atoms with E-state index in [1.54, 1.807) is 6.92 Å². The van der Waals surface area contributed by atoms with Gasteiger partial charge in [-0.1, -0.05) is 13.8 Å². The van der Waals surface area contributed by atoms with E-state index in [1.807, 2.05) is 34.6 Å². The van der Waals surface area contributed by atoms with E-state index in [9.17, 15) is 9.00 Å². The largest absolute Gasteiger partial charge is 0.481 e. The van der Waals surface area contributed by atoms with Crippen LogP contribution in [0.15, 0.2) is 0 Å². The van der Waals surface area contributed by atoms with Crippen molar-refractivity contribution in [3.05, 3.63) is 0 Å². The van der Waals surface area contributed by atoms with Gasteiger partial charge in [0.1, 0.15) is 0 Å². The molecule has 0 heterocycles. The van der Waals surface area contributed by atoms with Gasteiger partial charge in [0.25, 0.3) is 0 Å². The van der Waals surface area contributed by atoms with Crippen LogP contribution in [0.2, 0.25) is 0 Å². The molecule has 2 atom stereocenters. The first-order chi connectivity index (χ1) is 6.99. The summed E-state index contributed by atoms with van der Waals surface area (Å²) < 4.78 is 14.5. The van der Waals surface area contributed by atoms with E-state index in [1.165, 1.54) is 0 Å². The second kappa shape index (κ2) is 5.27. The fourth-order valence-electron chi connectivity index (χ4n) is 1.04. The molecular weight excluding hydrogens is 226 g/mol. The van der Waals surface area contributed by atoms with Crippen molar-refractivity contribution in [3.63, 3.8) is 0 Å². The average Bonchev–Trinajstić information content (AvgIpc) is 1.99. The SMILES string of the molecule is CC(C)[C@@](C)(CC(=O)O)NS(=O)C(C)(C)C. The first-order valence-corrected chi connectivity index (χ1v) is 6.55. The van der Waals surface area contributed by atoms with Gasteiger partial charge < -0.3 is 5.11 Å². The number of rotatable bonds is 5. The predicted molar refractivity (Wildman–Crippen MR) is 66.5 cm³/mol. The van der Waals surface area contributed by atoms with Gasteiger partial charge in [-0.2, -0.15) is 0 Å². The van der Waals surface area contributed by atoms with E-state index in [2.05, 4.69) is 4.72 Å². The Morgan fingerprint density at radius 3 is 2.00 bits per heavy atom. The van der Waals surface area contributed by atoms with Crippen molar-refractivity contribution in [2.45, 2.75) is 58.2 Å². The van der Waals surface area contributed by atoms with Crippen LogP contribution in [0.25, 0.3) is 0 Å². The highest BCUT2D eigenvalue weighted by Crippen LogP contribution is 2.23. The van der Waals surface area contributed by atoms with Crippen LogP contribution < -0.4 is 4.72 Å². The molecule has 0 rings (SSSR count). The zero-order chi connectivity index (χ0) is 13.1. The first kappa shape index (κ1) is 15.6. The highest BCUT2D eigenvalue weighted by molar-refractivity contribution is 7.84. The number of hydrogen-bond donors (Lipinski definition) is 2. The van der Waals surface area contributed by atoms with Crippen molar-refractivity contribution in [2.75, 3.05) is 0 Å². The molecule has 0 aliphatic carbocycles. The van der Waals surface area contributed by atoms with Crippen molar-refractivity contribution in [1.82, 2.24) is 4.72 Å². The molecule has 0 amide bonds. The predicted octanol–water partition coefficient (Wildman–Crippen LogP) is 1.93. The molecule has 5 heteroatoms. The topological polar surface area (TPSA) is 66.4 Å². The van der Waals surface area contributed by atoms with Gasteiger partial charge in [0.05, 0.1) is 22.2 Å². The molecule has 0 saturated heterocycles. The summed E-state index contributed by atoms with van der Waals surface area (Å²) in [5, 5.41) is 8.87. The van der Waals surface area contributed by atoms with Crippen molar-refractivity contribution in [3.8, 4) is 0 Å². The summed E-state index contributed by atoms with van der Waals surface area (Å²) in [6.07, 6.45) is -0.0352. The van der Waals surface area contributed by atoms with Crippen LogP contribution in [0.1, 0.15) is 48.0 Å². The molecular formula is C11H23NO3S. The van der Waals surface area contributed by atoms with Crippen LogP contribution in [0.3, 0.4) is 0 Å². The Kier molecular flexibility index (Phi) is 5.14. The third-order valence-corrected chi connectivity index (χ3v) is 4.44. The molecule has 16 heavy (non-hydrogen) atoms. The lowest BCUT2D eigenvalue weighted by molar-refractivity contribution is -0.138. The molecule has 0 aromatic heterocycles. The highest BCUT2D eigenvalue weighted by Gasteiger charge is 2.35. The maximum absolute atomic E-state index is 12.0. The Hall–Kier alpha value is -0.420. The standard InChI is InChI=1S/C11H23NO3S/c1-8(2)11(6,7-9(13)14)12-16(15)10(3,4)5/h8,12H,7H2,1-6H3,(H,13,14)/t11-,16?/m1/s1. The maximum Gasteiger partial charge on any atom is 0.305 e. The van der Waals surface area contributed by atoms with Crippen LogP contribution in [-0.4, -0.2) is 25.6 Å². The van der Waals surface area contributed by atoms with E-state index in [0.717, 1.165) is 0 Å². The number of aliphatic carboxylic acids is 1. The van der Waals surface area contributed by atoms with Gasteiger partial charge in [-0.3, -0.25) is 4.79 Å². The Labute approximate surface area is 100 Å². The quantitative estimate of drug-likeness (QED) is 0.782. The zero-order valence-electron chi connectivity index (χ0n) is 11.0. The average molecular weight is 249 g/mol. The molecule has 1 unspecified atom stereocenters. The van der Waals surface area contributed by atoms with Gasteiger partial charge in [0, 0.05) is 5.54 Å². The second-order valence-corrected chi connectivity index (χ2v) is 7.59. The number of carboxylic acid groups (broad SMARTS) is 1. The van der Waals surface area contributed by atoms with Crippen LogP contribution >= 0.6 is 0 Å². The van der Waals surface area contributed by atoms with Crippen LogP contribution in [0.4, 0.5) is 0 Å². The van der Waals surface area contributed by atoms with E-state index < -0.39 is 27.2 Å². The van der Waals surface area contributed by atoms with Crippen molar-refractivity contribution >= 4 is 17.0 Å². The van der Waals surface area contributed by atoms with Crippen LogP contribution in [0, 0.1) is 5.92 Å². The summed E-state index contributed by atoms with van der Waals surface area (Å²) in [5.74, 6) is -0.787. The molecule has 4 nitrogen and oxygen atoms in total. The second-order valence-electron chi connectivity index (χ2n) is 5.63. The maximum atomic E-state index is 12.0. The zero-order valence-corrected chi connectivity index (χ0v) is 11.8. The smallest absolute Gasteiger partial charge is 0.305 e. The number of carbonyl (C=O) groups is 1. The third-order valence-electron chi connectivity index (χ3n) is 2.67. The normalized spacial score (nSPS) is 18.2. The Morgan fingerprint density at radius 1 is 1.31 bits per heavy atom. The molecule has 0 fully saturated rings. The Morgan fingerprint density at radius 2 is 1.75 bits per heavy atom. The van der Waals surface area contributed by atoms with E-state index in [4.69, 9.17) is 5.11 Å². The van der Waals surface area contributed by atoms with Crippen LogP contribution in [0.5, 0.6) is 0 Å². The lowest BCUT2D eigenvalue weighted by Gasteiger charge is -2.35.